The van der Waals surface area contributed by atoms with E-state index in [1.807, 2.05) is 13.8 Å². The number of nitrogens with one attached hydrogen (secondary N) is 1. The Kier molecular flexibility index (Phi) is 5.77. The van der Waals surface area contributed by atoms with Gasteiger partial charge in [-0.1, -0.05) is 13.8 Å². The van der Waals surface area contributed by atoms with Crippen LogP contribution in [0.15, 0.2) is 0 Å². The van der Waals surface area contributed by atoms with E-state index in [0.29, 0.717) is 12.3 Å². The minimum absolute atomic E-state index is 0.00343. The number of hydrogen-bond donors (Lipinski definition) is 3. The number of sulfonamides is 1. The number of carbonyl (C=O) groups is 1. The van der Waals surface area contributed by atoms with Crippen LogP contribution in [0.3, 0.4) is 0 Å². The summed E-state index contributed by atoms with van der Waals surface area (Å²) in [6.07, 6.45) is 0.571. The van der Waals surface area contributed by atoms with Gasteiger partial charge in [-0.2, -0.15) is 0 Å². The molecule has 0 fully saturated rings. The van der Waals surface area contributed by atoms with Gasteiger partial charge >= 0.3 is 0 Å². The second-order valence-electron chi connectivity index (χ2n) is 3.89. The fraction of sp³-hybridized carbons (Fsp3) is 0.875. The molecule has 5 N–H and O–H groups in total. The minimum Gasteiger partial charge on any atom is -0.354 e. The van der Waals surface area contributed by atoms with E-state index in [1.54, 1.807) is 0 Å². The molecule has 0 aromatic heterocycles. The van der Waals surface area contributed by atoms with Crippen LogP contribution in [-0.2, 0) is 14.8 Å². The fourth-order valence-corrected chi connectivity index (χ4v) is 1.45. The highest BCUT2D eigenvalue weighted by Gasteiger charge is 2.14. The molecule has 1 unspecified atom stereocenters. The molecule has 90 valence electrons. The Hall–Kier alpha value is -0.660. The first-order chi connectivity index (χ1) is 6.72. The summed E-state index contributed by atoms with van der Waals surface area (Å²) in [6, 6.07) is -0.592. The molecule has 1 atom stereocenters. The van der Waals surface area contributed by atoms with Gasteiger partial charge in [-0.05, 0) is 12.3 Å². The van der Waals surface area contributed by atoms with Gasteiger partial charge in [0.1, 0.15) is 0 Å². The van der Waals surface area contributed by atoms with Gasteiger partial charge in [0.15, 0.2) is 0 Å². The second kappa shape index (κ2) is 6.04. The normalized spacial score (nSPS) is 13.9. The average Bonchev–Trinajstić information content (AvgIpc) is 2.00. The Labute approximate surface area is 90.4 Å². The quantitative estimate of drug-likeness (QED) is 0.536. The smallest absolute Gasteiger partial charge is 0.236 e. The summed E-state index contributed by atoms with van der Waals surface area (Å²) in [5.41, 5.74) is 5.58. The lowest BCUT2D eigenvalue weighted by Gasteiger charge is -2.13. The Morgan fingerprint density at radius 2 is 1.93 bits per heavy atom. The number of amides is 1. The molecule has 0 aliphatic rings. The summed E-state index contributed by atoms with van der Waals surface area (Å²) in [4.78, 5) is 11.3. The van der Waals surface area contributed by atoms with Crippen LogP contribution in [0.25, 0.3) is 0 Å². The average molecular weight is 237 g/mol. The van der Waals surface area contributed by atoms with Crippen molar-refractivity contribution in [2.75, 3.05) is 12.3 Å². The van der Waals surface area contributed by atoms with Crippen molar-refractivity contribution < 1.29 is 13.2 Å². The van der Waals surface area contributed by atoms with Gasteiger partial charge in [0.05, 0.1) is 11.8 Å². The van der Waals surface area contributed by atoms with Gasteiger partial charge in [-0.3, -0.25) is 4.79 Å². The standard InChI is InChI=1S/C8H19N3O3S/c1-6(2)5-7(9)8(12)11-3-4-15(10,13)14/h6-7H,3-5,9H2,1-2H3,(H,11,12)(H2,10,13,14). The molecule has 0 aromatic rings. The first kappa shape index (κ1) is 14.3. The third-order valence-electron chi connectivity index (χ3n) is 1.75. The molecule has 15 heavy (non-hydrogen) atoms. The molecule has 0 spiro atoms. The number of nitrogens with two attached hydrogens (primary N) is 2. The molecule has 0 rings (SSSR count). The molecule has 6 nitrogen and oxygen atoms in total. The zero-order valence-corrected chi connectivity index (χ0v) is 9.88. The molecular weight excluding hydrogens is 218 g/mol. The van der Waals surface area contributed by atoms with Crippen molar-refractivity contribution in [3.8, 4) is 0 Å². The number of hydrogen-bond acceptors (Lipinski definition) is 4. The molecule has 0 radical (unpaired) electrons. The largest absolute Gasteiger partial charge is 0.354 e. The van der Waals surface area contributed by atoms with E-state index in [-0.39, 0.29) is 18.2 Å². The second-order valence-corrected chi connectivity index (χ2v) is 5.63. The van der Waals surface area contributed by atoms with Crippen molar-refractivity contribution in [1.82, 2.24) is 5.32 Å². The summed E-state index contributed by atoms with van der Waals surface area (Å²) in [5.74, 6) is -0.288. The van der Waals surface area contributed by atoms with E-state index in [0.717, 1.165) is 0 Å². The summed E-state index contributed by atoms with van der Waals surface area (Å²) < 4.78 is 21.1. The van der Waals surface area contributed by atoms with Gasteiger partial charge in [0.2, 0.25) is 15.9 Å². The zero-order valence-electron chi connectivity index (χ0n) is 9.06. The highest BCUT2D eigenvalue weighted by Crippen LogP contribution is 2.02. The molecular formula is C8H19N3O3S. The lowest BCUT2D eigenvalue weighted by molar-refractivity contribution is -0.122. The van der Waals surface area contributed by atoms with Crippen LogP contribution in [0.4, 0.5) is 0 Å². The van der Waals surface area contributed by atoms with Crippen LogP contribution < -0.4 is 16.2 Å². The third kappa shape index (κ3) is 8.34. The summed E-state index contributed by atoms with van der Waals surface area (Å²) >= 11 is 0. The predicted octanol–water partition coefficient (Wildman–Crippen LogP) is -1.24. The first-order valence-electron chi connectivity index (χ1n) is 4.76. The summed E-state index contributed by atoms with van der Waals surface area (Å²) in [7, 11) is -3.52. The number of primary sulfonamides is 1. The maximum absolute atomic E-state index is 11.3. The molecule has 0 aliphatic carbocycles. The van der Waals surface area contributed by atoms with Crippen molar-refractivity contribution in [2.45, 2.75) is 26.3 Å². The maximum Gasteiger partial charge on any atom is 0.236 e. The van der Waals surface area contributed by atoms with Gasteiger partial charge in [-0.15, -0.1) is 0 Å². The molecule has 0 saturated heterocycles. The Balaban J connectivity index is 3.84. The van der Waals surface area contributed by atoms with Gasteiger partial charge in [0.25, 0.3) is 0 Å². The molecule has 0 heterocycles. The van der Waals surface area contributed by atoms with Crippen molar-refractivity contribution in [1.29, 1.82) is 0 Å². The third-order valence-corrected chi connectivity index (χ3v) is 2.52. The summed E-state index contributed by atoms with van der Waals surface area (Å²) in [5, 5.41) is 7.19. The minimum atomic E-state index is -3.52. The number of rotatable bonds is 6. The topological polar surface area (TPSA) is 115 Å². The highest BCUT2D eigenvalue weighted by molar-refractivity contribution is 7.89. The van der Waals surface area contributed by atoms with Crippen LogP contribution in [0.5, 0.6) is 0 Å². The lowest BCUT2D eigenvalue weighted by atomic mass is 10.0. The van der Waals surface area contributed by atoms with E-state index in [4.69, 9.17) is 10.9 Å². The van der Waals surface area contributed by atoms with Crippen LogP contribution >= 0.6 is 0 Å². The van der Waals surface area contributed by atoms with Crippen LogP contribution in [0.1, 0.15) is 20.3 Å². The first-order valence-corrected chi connectivity index (χ1v) is 6.47. The lowest BCUT2D eigenvalue weighted by Crippen LogP contribution is -2.43. The Bertz CT molecular complexity index is 300. The molecule has 0 aliphatic heterocycles. The van der Waals surface area contributed by atoms with Crippen molar-refractivity contribution >= 4 is 15.9 Å². The van der Waals surface area contributed by atoms with Crippen LogP contribution in [0.2, 0.25) is 0 Å². The SMILES string of the molecule is CC(C)CC(N)C(=O)NCCS(N)(=O)=O. The fourth-order valence-electron chi connectivity index (χ4n) is 1.06. The van der Waals surface area contributed by atoms with Gasteiger partial charge < -0.3 is 11.1 Å². The van der Waals surface area contributed by atoms with Crippen LogP contribution in [0, 0.1) is 5.92 Å². The molecule has 0 saturated carbocycles. The molecule has 0 bridgehead atoms. The van der Waals surface area contributed by atoms with E-state index in [2.05, 4.69) is 5.32 Å². The number of carbonyl (C=O) groups excluding carboxylic acids is 1. The highest BCUT2D eigenvalue weighted by atomic mass is 32.2. The van der Waals surface area contributed by atoms with Crippen molar-refractivity contribution in [3.63, 3.8) is 0 Å². The van der Waals surface area contributed by atoms with E-state index < -0.39 is 16.1 Å². The maximum atomic E-state index is 11.3. The van der Waals surface area contributed by atoms with E-state index >= 15 is 0 Å². The van der Waals surface area contributed by atoms with E-state index in [9.17, 15) is 13.2 Å². The summed E-state index contributed by atoms with van der Waals surface area (Å²) in [6.45, 7) is 3.92. The van der Waals surface area contributed by atoms with Crippen molar-refractivity contribution in [2.24, 2.45) is 16.8 Å². The monoisotopic (exact) mass is 237 g/mol. The van der Waals surface area contributed by atoms with Gasteiger partial charge in [-0.25, -0.2) is 13.6 Å². The zero-order chi connectivity index (χ0) is 12.1. The molecule has 1 amide bonds. The molecule has 0 aromatic carbocycles. The predicted molar refractivity (Wildman–Crippen MR) is 58.4 cm³/mol. The van der Waals surface area contributed by atoms with E-state index in [1.165, 1.54) is 0 Å². The Morgan fingerprint density at radius 1 is 1.40 bits per heavy atom. The van der Waals surface area contributed by atoms with Gasteiger partial charge in [0, 0.05) is 6.54 Å². The Morgan fingerprint density at radius 3 is 2.33 bits per heavy atom. The van der Waals surface area contributed by atoms with Crippen LogP contribution in [-0.4, -0.2) is 32.7 Å². The van der Waals surface area contributed by atoms with Crippen molar-refractivity contribution in [3.05, 3.63) is 0 Å². The molecule has 7 heteroatoms.